The molecule has 24 heavy (non-hydrogen) atoms. The highest BCUT2D eigenvalue weighted by Gasteiger charge is 2.13. The first-order valence-corrected chi connectivity index (χ1v) is 7.97. The van der Waals surface area contributed by atoms with Crippen molar-refractivity contribution in [3.05, 3.63) is 59.9 Å². The Balaban J connectivity index is 2.02. The minimum Gasteiger partial charge on any atom is -0.491 e. The maximum Gasteiger partial charge on any atom is 0.260 e. The van der Waals surface area contributed by atoms with Gasteiger partial charge in [-0.1, -0.05) is 38.1 Å². The second kappa shape index (κ2) is 8.40. The molecule has 0 heterocycles. The minimum absolute atomic E-state index is 0.0639. The molecule has 0 radical (unpaired) electrons. The lowest BCUT2D eigenvalue weighted by Gasteiger charge is -2.15. The predicted molar refractivity (Wildman–Crippen MR) is 96.9 cm³/mol. The first kappa shape index (κ1) is 17.9. The van der Waals surface area contributed by atoms with Gasteiger partial charge < -0.3 is 10.1 Å². The van der Waals surface area contributed by atoms with Crippen LogP contribution in [-0.4, -0.2) is 17.6 Å². The highest BCUT2D eigenvalue weighted by Crippen LogP contribution is 2.24. The summed E-state index contributed by atoms with van der Waals surface area (Å²) in [6.07, 6.45) is 0. The fourth-order valence-corrected chi connectivity index (χ4v) is 2.12. The van der Waals surface area contributed by atoms with Gasteiger partial charge in [0.1, 0.15) is 11.6 Å². The van der Waals surface area contributed by atoms with Gasteiger partial charge >= 0.3 is 0 Å². The van der Waals surface area contributed by atoms with Crippen molar-refractivity contribution >= 4 is 28.9 Å². The molecule has 2 aromatic rings. The molecule has 0 saturated carbocycles. The topological polar surface area (TPSA) is 50.4 Å². The van der Waals surface area contributed by atoms with E-state index in [-0.39, 0.29) is 10.7 Å². The summed E-state index contributed by atoms with van der Waals surface area (Å²) < 4.78 is 19.3. The maximum atomic E-state index is 13.6. The molecule has 0 aromatic heterocycles. The third-order valence-corrected chi connectivity index (χ3v) is 3.26. The Bertz CT molecular complexity index is 734. The van der Waals surface area contributed by atoms with Crippen LogP contribution in [-0.2, 0) is 0 Å². The highest BCUT2D eigenvalue weighted by molar-refractivity contribution is 7.80. The normalized spacial score (nSPS) is 10.3. The van der Waals surface area contributed by atoms with Gasteiger partial charge in [0.15, 0.2) is 5.11 Å². The van der Waals surface area contributed by atoms with E-state index in [4.69, 9.17) is 17.0 Å². The first-order chi connectivity index (χ1) is 11.5. The molecule has 0 saturated heterocycles. The van der Waals surface area contributed by atoms with Crippen LogP contribution in [0.5, 0.6) is 5.75 Å². The van der Waals surface area contributed by atoms with Crippen LogP contribution in [0, 0.1) is 11.7 Å². The Morgan fingerprint density at radius 1 is 1.17 bits per heavy atom. The molecule has 2 rings (SSSR count). The molecular formula is C18H19FN2O2S. The van der Waals surface area contributed by atoms with Crippen LogP contribution in [0.4, 0.5) is 10.1 Å². The van der Waals surface area contributed by atoms with Crippen LogP contribution in [0.25, 0.3) is 0 Å². The first-order valence-electron chi connectivity index (χ1n) is 7.56. The molecule has 0 bridgehead atoms. The molecule has 0 unspecified atom stereocenters. The van der Waals surface area contributed by atoms with Gasteiger partial charge in [0.05, 0.1) is 17.9 Å². The molecule has 0 aliphatic rings. The fourth-order valence-electron chi connectivity index (χ4n) is 1.92. The van der Waals surface area contributed by atoms with E-state index < -0.39 is 11.7 Å². The molecule has 126 valence electrons. The number of anilines is 1. The van der Waals surface area contributed by atoms with Gasteiger partial charge in [-0.25, -0.2) is 4.39 Å². The maximum absolute atomic E-state index is 13.6. The van der Waals surface area contributed by atoms with Crippen molar-refractivity contribution in [2.24, 2.45) is 5.92 Å². The smallest absolute Gasteiger partial charge is 0.260 e. The number of amides is 1. The van der Waals surface area contributed by atoms with Crippen LogP contribution in [0.1, 0.15) is 24.2 Å². The van der Waals surface area contributed by atoms with E-state index in [9.17, 15) is 9.18 Å². The van der Waals surface area contributed by atoms with Crippen LogP contribution in [0.15, 0.2) is 48.5 Å². The van der Waals surface area contributed by atoms with Gasteiger partial charge in [-0.15, -0.1) is 0 Å². The summed E-state index contributed by atoms with van der Waals surface area (Å²) in [5.41, 5.74) is 0.572. The third-order valence-electron chi connectivity index (χ3n) is 3.05. The van der Waals surface area contributed by atoms with Crippen LogP contribution in [0.2, 0.25) is 0 Å². The summed E-state index contributed by atoms with van der Waals surface area (Å²) in [5.74, 6) is -0.191. The highest BCUT2D eigenvalue weighted by atomic mass is 32.1. The molecule has 4 nitrogen and oxygen atoms in total. The second-order valence-electron chi connectivity index (χ2n) is 5.59. The molecule has 0 spiro atoms. The molecule has 2 N–H and O–H groups in total. The Kier molecular flexibility index (Phi) is 6.26. The van der Waals surface area contributed by atoms with E-state index >= 15 is 0 Å². The zero-order chi connectivity index (χ0) is 17.5. The monoisotopic (exact) mass is 346 g/mol. The molecule has 2 aromatic carbocycles. The Morgan fingerprint density at radius 3 is 2.54 bits per heavy atom. The van der Waals surface area contributed by atoms with E-state index in [0.29, 0.717) is 24.0 Å². The number of nitrogens with one attached hydrogen (secondary N) is 2. The molecule has 1 amide bonds. The van der Waals surface area contributed by atoms with E-state index in [1.54, 1.807) is 12.1 Å². The molecule has 0 aliphatic carbocycles. The summed E-state index contributed by atoms with van der Waals surface area (Å²) in [6, 6.07) is 13.0. The van der Waals surface area contributed by atoms with Crippen LogP contribution in [0.3, 0.4) is 0 Å². The lowest BCUT2D eigenvalue weighted by atomic mass is 10.2. The molecule has 0 aliphatic heterocycles. The molecule has 0 atom stereocenters. The number of para-hydroxylation sites is 2. The third kappa shape index (κ3) is 5.03. The van der Waals surface area contributed by atoms with Crippen LogP contribution < -0.4 is 15.4 Å². The van der Waals surface area contributed by atoms with Crippen molar-refractivity contribution in [3.63, 3.8) is 0 Å². The number of hydrogen-bond donors (Lipinski definition) is 2. The summed E-state index contributed by atoms with van der Waals surface area (Å²) in [4.78, 5) is 12.1. The van der Waals surface area contributed by atoms with E-state index in [2.05, 4.69) is 24.5 Å². The van der Waals surface area contributed by atoms with Crippen molar-refractivity contribution in [3.8, 4) is 5.75 Å². The number of carbonyl (C=O) groups is 1. The van der Waals surface area contributed by atoms with Gasteiger partial charge in [-0.2, -0.15) is 0 Å². The lowest BCUT2D eigenvalue weighted by molar-refractivity contribution is 0.0974. The summed E-state index contributed by atoms with van der Waals surface area (Å²) in [7, 11) is 0. The molecule has 0 fully saturated rings. The summed E-state index contributed by atoms with van der Waals surface area (Å²) >= 11 is 5.13. The number of rotatable bonds is 5. The second-order valence-corrected chi connectivity index (χ2v) is 6.00. The standard InChI is InChI=1S/C18H19FN2O2S/c1-12(2)11-23-16-10-6-5-9-15(16)20-18(24)21-17(22)13-7-3-4-8-14(13)19/h3-10,12H,11H2,1-2H3,(H2,20,21,22,24). The number of halogens is 1. The number of thiocarbonyl (C=S) groups is 1. The van der Waals surface area contributed by atoms with Crippen molar-refractivity contribution in [1.82, 2.24) is 5.32 Å². The van der Waals surface area contributed by atoms with E-state index in [1.807, 2.05) is 18.2 Å². The Labute approximate surface area is 146 Å². The van der Waals surface area contributed by atoms with E-state index in [0.717, 1.165) is 0 Å². The average molecular weight is 346 g/mol. The quantitative estimate of drug-likeness (QED) is 0.804. The van der Waals surface area contributed by atoms with Gasteiger partial charge in [-0.3, -0.25) is 10.1 Å². The van der Waals surface area contributed by atoms with Gasteiger partial charge in [-0.05, 0) is 42.4 Å². The largest absolute Gasteiger partial charge is 0.491 e. The van der Waals surface area contributed by atoms with Crippen LogP contribution >= 0.6 is 12.2 Å². The Hall–Kier alpha value is -2.47. The van der Waals surface area contributed by atoms with Crippen molar-refractivity contribution in [2.75, 3.05) is 11.9 Å². The average Bonchev–Trinajstić information content (AvgIpc) is 2.54. The van der Waals surface area contributed by atoms with Gasteiger partial charge in [0.25, 0.3) is 5.91 Å². The minimum atomic E-state index is -0.605. The summed E-state index contributed by atoms with van der Waals surface area (Å²) in [6.45, 7) is 4.66. The van der Waals surface area contributed by atoms with Crippen molar-refractivity contribution < 1.29 is 13.9 Å². The number of carbonyl (C=O) groups excluding carboxylic acids is 1. The Morgan fingerprint density at radius 2 is 1.83 bits per heavy atom. The SMILES string of the molecule is CC(C)COc1ccccc1NC(=S)NC(=O)c1ccccc1F. The van der Waals surface area contributed by atoms with Gasteiger partial charge in [0.2, 0.25) is 0 Å². The van der Waals surface area contributed by atoms with Crippen molar-refractivity contribution in [1.29, 1.82) is 0 Å². The molecular weight excluding hydrogens is 327 g/mol. The summed E-state index contributed by atoms with van der Waals surface area (Å²) in [5, 5.41) is 5.44. The number of ether oxygens (including phenoxy) is 1. The fraction of sp³-hybridized carbons (Fsp3) is 0.222. The lowest BCUT2D eigenvalue weighted by Crippen LogP contribution is -2.34. The molecule has 6 heteroatoms. The van der Waals surface area contributed by atoms with E-state index in [1.165, 1.54) is 18.2 Å². The van der Waals surface area contributed by atoms with Gasteiger partial charge in [0, 0.05) is 0 Å². The zero-order valence-corrected chi connectivity index (χ0v) is 14.3. The predicted octanol–water partition coefficient (Wildman–Crippen LogP) is 3.99. The van der Waals surface area contributed by atoms with Crippen molar-refractivity contribution in [2.45, 2.75) is 13.8 Å². The zero-order valence-electron chi connectivity index (χ0n) is 13.5. The number of hydrogen-bond acceptors (Lipinski definition) is 3. The number of benzene rings is 2.